The number of hydrogen-bond donors (Lipinski definition) is 0. The molecule has 3 heteroatoms. The standard InChI is InChI=1S/C26H40O3/c1-17(27)21-9-10-22-20-8-7-18-16-19(29-24-6-4-5-15-28-24)11-13-25(18,2)23(20)12-14-26(21,22)3/h7,19-24H,4-6,8-16H2,1-3H3/t19-,20+,21-,22+,23+,24-,25-,26+/m0/s1. The van der Waals surface area contributed by atoms with Gasteiger partial charge in [0.2, 0.25) is 0 Å². The van der Waals surface area contributed by atoms with Crippen molar-refractivity contribution in [3.8, 4) is 0 Å². The molecule has 5 rings (SSSR count). The van der Waals surface area contributed by atoms with Gasteiger partial charge in [0.1, 0.15) is 5.78 Å². The van der Waals surface area contributed by atoms with E-state index in [1.807, 2.05) is 6.92 Å². The summed E-state index contributed by atoms with van der Waals surface area (Å²) in [5.74, 6) is 3.08. The minimum absolute atomic E-state index is 0.0347. The fourth-order valence-corrected chi connectivity index (χ4v) is 8.44. The Balaban J connectivity index is 1.32. The van der Waals surface area contributed by atoms with Crippen molar-refractivity contribution >= 4 is 5.78 Å². The molecule has 3 nitrogen and oxygen atoms in total. The van der Waals surface area contributed by atoms with Crippen molar-refractivity contribution in [2.75, 3.05) is 6.61 Å². The number of ether oxygens (including phenoxy) is 2. The van der Waals surface area contributed by atoms with Crippen LogP contribution in [-0.2, 0) is 14.3 Å². The van der Waals surface area contributed by atoms with Gasteiger partial charge in [-0.25, -0.2) is 0 Å². The molecule has 0 unspecified atom stereocenters. The molecule has 162 valence electrons. The van der Waals surface area contributed by atoms with Gasteiger partial charge in [0.05, 0.1) is 6.10 Å². The molecule has 0 spiro atoms. The van der Waals surface area contributed by atoms with E-state index < -0.39 is 0 Å². The summed E-state index contributed by atoms with van der Waals surface area (Å²) in [5.41, 5.74) is 2.29. The van der Waals surface area contributed by atoms with Crippen molar-refractivity contribution in [2.45, 2.75) is 104 Å². The Hall–Kier alpha value is -0.670. The Morgan fingerprint density at radius 1 is 1.07 bits per heavy atom. The topological polar surface area (TPSA) is 35.5 Å². The molecule has 4 aliphatic carbocycles. The average molecular weight is 401 g/mol. The Kier molecular flexibility index (Phi) is 5.22. The summed E-state index contributed by atoms with van der Waals surface area (Å²) < 4.78 is 12.2. The Morgan fingerprint density at radius 2 is 1.93 bits per heavy atom. The number of carbonyl (C=O) groups is 1. The van der Waals surface area contributed by atoms with Gasteiger partial charge >= 0.3 is 0 Å². The van der Waals surface area contributed by atoms with Crippen LogP contribution in [0.3, 0.4) is 0 Å². The number of hydrogen-bond acceptors (Lipinski definition) is 3. The van der Waals surface area contributed by atoms with Crippen LogP contribution in [0, 0.1) is 34.5 Å². The van der Waals surface area contributed by atoms with Crippen LogP contribution in [0.15, 0.2) is 11.6 Å². The lowest BCUT2D eigenvalue weighted by Gasteiger charge is -2.58. The molecule has 0 radical (unpaired) electrons. The minimum atomic E-state index is 0.0347. The normalized spacial score (nSPS) is 49.6. The monoisotopic (exact) mass is 400 g/mol. The predicted molar refractivity (Wildman–Crippen MR) is 114 cm³/mol. The van der Waals surface area contributed by atoms with Gasteiger partial charge in [-0.05, 0) is 106 Å². The Labute approximate surface area is 177 Å². The lowest BCUT2D eigenvalue weighted by atomic mass is 9.47. The summed E-state index contributed by atoms with van der Waals surface area (Å²) in [5, 5.41) is 0. The lowest BCUT2D eigenvalue weighted by Crippen LogP contribution is -2.51. The van der Waals surface area contributed by atoms with Gasteiger partial charge in [-0.2, -0.15) is 0 Å². The molecule has 0 aromatic rings. The van der Waals surface area contributed by atoms with E-state index in [4.69, 9.17) is 9.47 Å². The van der Waals surface area contributed by atoms with Gasteiger partial charge in [-0.15, -0.1) is 0 Å². The second-order valence-corrected chi connectivity index (χ2v) is 11.3. The smallest absolute Gasteiger partial charge is 0.157 e. The highest BCUT2D eigenvalue weighted by Crippen LogP contribution is 2.66. The first-order chi connectivity index (χ1) is 13.9. The van der Waals surface area contributed by atoms with Gasteiger partial charge in [-0.1, -0.05) is 25.5 Å². The summed E-state index contributed by atoms with van der Waals surface area (Å²) in [4.78, 5) is 12.3. The highest BCUT2D eigenvalue weighted by atomic mass is 16.7. The zero-order valence-corrected chi connectivity index (χ0v) is 18.8. The highest BCUT2D eigenvalue weighted by Gasteiger charge is 2.59. The SMILES string of the molecule is CC(=O)[C@@H]1CC[C@@H]2[C@H]3CC=C4C[C@@H](O[C@H]5CCCCO5)CC[C@]4(C)[C@@H]3CC[C@@]21C. The highest BCUT2D eigenvalue weighted by molar-refractivity contribution is 5.79. The van der Waals surface area contributed by atoms with Gasteiger partial charge < -0.3 is 9.47 Å². The van der Waals surface area contributed by atoms with Crippen LogP contribution in [-0.4, -0.2) is 24.8 Å². The summed E-state index contributed by atoms with van der Waals surface area (Å²) >= 11 is 0. The first-order valence-electron chi connectivity index (χ1n) is 12.4. The van der Waals surface area contributed by atoms with Crippen molar-refractivity contribution in [1.82, 2.24) is 0 Å². The summed E-state index contributed by atoms with van der Waals surface area (Å²) in [7, 11) is 0. The number of carbonyl (C=O) groups excluding carboxylic acids is 1. The molecule has 29 heavy (non-hydrogen) atoms. The first-order valence-corrected chi connectivity index (χ1v) is 12.4. The number of rotatable bonds is 3. The van der Waals surface area contributed by atoms with E-state index in [-0.39, 0.29) is 11.7 Å². The largest absolute Gasteiger partial charge is 0.353 e. The van der Waals surface area contributed by atoms with Crippen LogP contribution < -0.4 is 0 Å². The molecule has 1 saturated heterocycles. The maximum Gasteiger partial charge on any atom is 0.157 e. The van der Waals surface area contributed by atoms with E-state index in [9.17, 15) is 4.79 Å². The fourth-order valence-electron chi connectivity index (χ4n) is 8.44. The van der Waals surface area contributed by atoms with Crippen LogP contribution >= 0.6 is 0 Å². The molecule has 1 aliphatic heterocycles. The second-order valence-electron chi connectivity index (χ2n) is 11.3. The minimum Gasteiger partial charge on any atom is -0.353 e. The van der Waals surface area contributed by atoms with Gasteiger partial charge in [0.15, 0.2) is 6.29 Å². The fraction of sp³-hybridized carbons (Fsp3) is 0.885. The zero-order chi connectivity index (χ0) is 20.2. The number of ketones is 1. The molecule has 0 amide bonds. The quantitative estimate of drug-likeness (QED) is 0.540. The van der Waals surface area contributed by atoms with E-state index in [0.717, 1.165) is 43.6 Å². The zero-order valence-electron chi connectivity index (χ0n) is 18.8. The molecule has 4 fully saturated rings. The summed E-state index contributed by atoms with van der Waals surface area (Å²) in [6.07, 6.45) is 16.2. The van der Waals surface area contributed by atoms with Crippen molar-refractivity contribution in [2.24, 2.45) is 34.5 Å². The van der Waals surface area contributed by atoms with Gasteiger partial charge in [0, 0.05) is 12.5 Å². The van der Waals surface area contributed by atoms with E-state index in [0.29, 0.717) is 23.2 Å². The Bertz CT molecular complexity index is 677. The number of fused-ring (bicyclic) bond motifs is 5. The number of allylic oxidation sites excluding steroid dienone is 1. The third-order valence-corrected chi connectivity index (χ3v) is 10.0. The molecule has 3 saturated carbocycles. The van der Waals surface area contributed by atoms with E-state index >= 15 is 0 Å². The summed E-state index contributed by atoms with van der Waals surface area (Å²) in [6.45, 7) is 7.71. The van der Waals surface area contributed by atoms with Crippen LogP contribution in [0.2, 0.25) is 0 Å². The molecule has 5 aliphatic rings. The van der Waals surface area contributed by atoms with Crippen LogP contribution in [0.5, 0.6) is 0 Å². The maximum absolute atomic E-state index is 12.3. The van der Waals surface area contributed by atoms with Crippen molar-refractivity contribution in [3.05, 3.63) is 11.6 Å². The van der Waals surface area contributed by atoms with Crippen LogP contribution in [0.25, 0.3) is 0 Å². The molecule has 0 bridgehead atoms. The number of Topliss-reactive ketones (excluding diaryl/α,β-unsaturated/α-hetero) is 1. The van der Waals surface area contributed by atoms with Crippen molar-refractivity contribution < 1.29 is 14.3 Å². The van der Waals surface area contributed by atoms with E-state index in [1.54, 1.807) is 5.57 Å². The van der Waals surface area contributed by atoms with Gasteiger partial charge in [-0.3, -0.25) is 4.79 Å². The molecular formula is C26H40O3. The maximum atomic E-state index is 12.3. The second kappa shape index (κ2) is 7.48. The third-order valence-electron chi connectivity index (χ3n) is 10.0. The Morgan fingerprint density at radius 3 is 2.69 bits per heavy atom. The van der Waals surface area contributed by atoms with Gasteiger partial charge in [0.25, 0.3) is 0 Å². The first kappa shape index (κ1) is 20.2. The molecule has 0 N–H and O–H groups in total. The molecule has 0 aromatic heterocycles. The van der Waals surface area contributed by atoms with Crippen LogP contribution in [0.4, 0.5) is 0 Å². The van der Waals surface area contributed by atoms with Crippen LogP contribution in [0.1, 0.15) is 91.4 Å². The average Bonchev–Trinajstić information content (AvgIpc) is 3.06. The third kappa shape index (κ3) is 3.26. The van der Waals surface area contributed by atoms with E-state index in [1.165, 1.54) is 51.4 Å². The molecule has 8 atom stereocenters. The predicted octanol–water partition coefficient (Wildman–Crippen LogP) is 6.07. The molecule has 0 aromatic carbocycles. The lowest BCUT2D eigenvalue weighted by molar-refractivity contribution is -0.195. The molecular weight excluding hydrogens is 360 g/mol. The van der Waals surface area contributed by atoms with E-state index in [2.05, 4.69) is 19.9 Å². The summed E-state index contributed by atoms with van der Waals surface area (Å²) in [6, 6.07) is 0. The molecule has 1 heterocycles. The van der Waals surface area contributed by atoms with Crippen molar-refractivity contribution in [3.63, 3.8) is 0 Å². The van der Waals surface area contributed by atoms with Crippen molar-refractivity contribution in [1.29, 1.82) is 0 Å².